The highest BCUT2D eigenvalue weighted by molar-refractivity contribution is 9.10. The smallest absolute Gasteiger partial charge is 0.344 e. The fraction of sp³-hybridized carbons (Fsp3) is 0.133. The minimum Gasteiger partial charge on any atom is -0.423 e. The van der Waals surface area contributed by atoms with Crippen molar-refractivity contribution in [3.8, 4) is 5.75 Å². The van der Waals surface area contributed by atoms with Crippen molar-refractivity contribution in [2.45, 2.75) is 13.3 Å². The average molecular weight is 305 g/mol. The van der Waals surface area contributed by atoms with E-state index in [2.05, 4.69) is 22.9 Å². The maximum Gasteiger partial charge on any atom is 0.344 e. The normalized spacial score (nSPS) is 10.1. The summed E-state index contributed by atoms with van der Waals surface area (Å²) in [7, 11) is 0. The van der Waals surface area contributed by atoms with Gasteiger partial charge in [-0.3, -0.25) is 0 Å². The second-order valence-electron chi connectivity index (χ2n) is 3.87. The van der Waals surface area contributed by atoms with Crippen LogP contribution in [0.4, 0.5) is 0 Å². The first-order chi connectivity index (χ1) is 8.70. The van der Waals surface area contributed by atoms with Gasteiger partial charge in [0.05, 0.1) is 5.56 Å². The monoisotopic (exact) mass is 304 g/mol. The summed E-state index contributed by atoms with van der Waals surface area (Å²) in [5.41, 5.74) is 1.67. The third-order valence-corrected chi connectivity index (χ3v) is 3.30. The van der Waals surface area contributed by atoms with Crippen molar-refractivity contribution in [2.75, 3.05) is 0 Å². The summed E-state index contributed by atoms with van der Waals surface area (Å²) in [5, 5.41) is 0. The van der Waals surface area contributed by atoms with Crippen molar-refractivity contribution in [3.05, 3.63) is 64.1 Å². The molecule has 0 aromatic heterocycles. The number of halogens is 1. The van der Waals surface area contributed by atoms with Crippen molar-refractivity contribution in [1.29, 1.82) is 0 Å². The fourth-order valence-electron chi connectivity index (χ4n) is 1.62. The van der Waals surface area contributed by atoms with Gasteiger partial charge in [0.1, 0.15) is 5.75 Å². The Balaban J connectivity index is 2.19. The van der Waals surface area contributed by atoms with Gasteiger partial charge in [-0.1, -0.05) is 31.2 Å². The molecule has 0 N–H and O–H groups in total. The second kappa shape index (κ2) is 5.83. The van der Waals surface area contributed by atoms with Gasteiger partial charge in [0.25, 0.3) is 0 Å². The van der Waals surface area contributed by atoms with E-state index in [-0.39, 0.29) is 5.97 Å². The highest BCUT2D eigenvalue weighted by Gasteiger charge is 2.11. The molecule has 0 fully saturated rings. The second-order valence-corrected chi connectivity index (χ2v) is 4.72. The number of esters is 1. The molecule has 2 nitrogen and oxygen atoms in total. The predicted octanol–water partition coefficient (Wildman–Crippen LogP) is 4.23. The molecule has 0 aliphatic rings. The van der Waals surface area contributed by atoms with Crippen LogP contribution in [0.5, 0.6) is 5.75 Å². The van der Waals surface area contributed by atoms with Crippen LogP contribution in [-0.2, 0) is 6.42 Å². The van der Waals surface area contributed by atoms with Crippen LogP contribution in [0.25, 0.3) is 0 Å². The number of hydrogen-bond acceptors (Lipinski definition) is 2. The summed E-state index contributed by atoms with van der Waals surface area (Å²) in [6.07, 6.45) is 0.917. The summed E-state index contributed by atoms with van der Waals surface area (Å²) in [6.45, 7) is 2.06. The highest BCUT2D eigenvalue weighted by Crippen LogP contribution is 2.20. The van der Waals surface area contributed by atoms with E-state index in [4.69, 9.17) is 4.74 Å². The zero-order valence-corrected chi connectivity index (χ0v) is 11.6. The lowest BCUT2D eigenvalue weighted by atomic mass is 10.1. The zero-order valence-electron chi connectivity index (χ0n) is 10.0. The van der Waals surface area contributed by atoms with Crippen LogP contribution in [0.3, 0.4) is 0 Å². The molecule has 2 aromatic carbocycles. The van der Waals surface area contributed by atoms with Crippen LogP contribution >= 0.6 is 15.9 Å². The molecule has 0 atom stereocenters. The van der Waals surface area contributed by atoms with Crippen LogP contribution in [0, 0.1) is 0 Å². The van der Waals surface area contributed by atoms with Crippen LogP contribution in [-0.4, -0.2) is 5.97 Å². The van der Waals surface area contributed by atoms with Gasteiger partial charge in [0.2, 0.25) is 0 Å². The van der Waals surface area contributed by atoms with E-state index in [1.54, 1.807) is 12.1 Å². The summed E-state index contributed by atoms with van der Waals surface area (Å²) in [4.78, 5) is 12.0. The molecule has 0 saturated heterocycles. The molecule has 2 rings (SSSR count). The Hall–Kier alpha value is -1.61. The lowest BCUT2D eigenvalue weighted by Crippen LogP contribution is -2.09. The fourth-order valence-corrected chi connectivity index (χ4v) is 2.06. The molecule has 0 heterocycles. The minimum absolute atomic E-state index is 0.351. The Labute approximate surface area is 115 Å². The van der Waals surface area contributed by atoms with E-state index < -0.39 is 0 Å². The molecule has 2 aromatic rings. The van der Waals surface area contributed by atoms with Gasteiger partial charge >= 0.3 is 5.97 Å². The molecule has 0 unspecified atom stereocenters. The number of benzene rings is 2. The lowest BCUT2D eigenvalue weighted by molar-refractivity contribution is 0.0733. The molecular formula is C15H13BrO2. The molecule has 0 spiro atoms. The summed E-state index contributed by atoms with van der Waals surface area (Å²) in [6, 6.07) is 14.8. The van der Waals surface area contributed by atoms with Crippen molar-refractivity contribution in [2.24, 2.45) is 0 Å². The number of rotatable bonds is 3. The molecule has 0 aliphatic carbocycles. The van der Waals surface area contributed by atoms with Crippen molar-refractivity contribution in [1.82, 2.24) is 0 Å². The third-order valence-electron chi connectivity index (χ3n) is 2.61. The molecule has 0 saturated carbocycles. The number of ether oxygens (including phenoxy) is 1. The van der Waals surface area contributed by atoms with Crippen molar-refractivity contribution < 1.29 is 9.53 Å². The largest absolute Gasteiger partial charge is 0.423 e. The van der Waals surface area contributed by atoms with Gasteiger partial charge in [0, 0.05) is 4.47 Å². The van der Waals surface area contributed by atoms with Gasteiger partial charge in [-0.05, 0) is 52.2 Å². The molecule has 3 heteroatoms. The topological polar surface area (TPSA) is 26.3 Å². The lowest BCUT2D eigenvalue weighted by Gasteiger charge is -2.06. The number of aryl methyl sites for hydroxylation is 1. The molecule has 0 bridgehead atoms. The molecule has 0 amide bonds. The summed E-state index contributed by atoms with van der Waals surface area (Å²) in [5.74, 6) is 0.228. The maximum absolute atomic E-state index is 12.0. The summed E-state index contributed by atoms with van der Waals surface area (Å²) >= 11 is 3.34. The Bertz CT molecular complexity index is 564. The standard InChI is InChI=1S/C15H13BrO2/c1-2-11-6-5-7-12(10-11)18-15(17)13-8-3-4-9-14(13)16/h3-10H,2H2,1H3. The third kappa shape index (κ3) is 2.99. The Morgan fingerprint density at radius 1 is 1.17 bits per heavy atom. The average Bonchev–Trinajstić information content (AvgIpc) is 2.39. The van der Waals surface area contributed by atoms with Gasteiger partial charge in [0.15, 0.2) is 0 Å². The van der Waals surface area contributed by atoms with E-state index >= 15 is 0 Å². The Kier molecular flexibility index (Phi) is 4.15. The number of carbonyl (C=O) groups excluding carboxylic acids is 1. The molecule has 92 valence electrons. The van der Waals surface area contributed by atoms with Gasteiger partial charge in [-0.15, -0.1) is 0 Å². The van der Waals surface area contributed by atoms with Gasteiger partial charge in [-0.25, -0.2) is 4.79 Å². The Morgan fingerprint density at radius 3 is 2.67 bits per heavy atom. The minimum atomic E-state index is -0.351. The molecular weight excluding hydrogens is 292 g/mol. The zero-order chi connectivity index (χ0) is 13.0. The molecule has 0 radical (unpaired) electrons. The SMILES string of the molecule is CCc1cccc(OC(=O)c2ccccc2Br)c1. The van der Waals surface area contributed by atoms with Crippen LogP contribution < -0.4 is 4.74 Å². The number of carbonyl (C=O) groups is 1. The molecule has 18 heavy (non-hydrogen) atoms. The van der Waals surface area contributed by atoms with Crippen LogP contribution in [0.1, 0.15) is 22.8 Å². The number of hydrogen-bond donors (Lipinski definition) is 0. The van der Waals surface area contributed by atoms with E-state index in [9.17, 15) is 4.79 Å². The van der Waals surface area contributed by atoms with Gasteiger partial charge in [-0.2, -0.15) is 0 Å². The predicted molar refractivity (Wildman–Crippen MR) is 74.9 cm³/mol. The van der Waals surface area contributed by atoms with Gasteiger partial charge < -0.3 is 4.74 Å². The van der Waals surface area contributed by atoms with Crippen LogP contribution in [0.15, 0.2) is 53.0 Å². The first-order valence-corrected chi connectivity index (χ1v) is 6.55. The first kappa shape index (κ1) is 12.8. The Morgan fingerprint density at radius 2 is 1.94 bits per heavy atom. The highest BCUT2D eigenvalue weighted by atomic mass is 79.9. The van der Waals surface area contributed by atoms with E-state index in [1.165, 1.54) is 0 Å². The van der Waals surface area contributed by atoms with Crippen molar-refractivity contribution >= 4 is 21.9 Å². The quantitative estimate of drug-likeness (QED) is 0.626. The van der Waals surface area contributed by atoms with E-state index in [0.717, 1.165) is 16.5 Å². The van der Waals surface area contributed by atoms with Crippen molar-refractivity contribution in [3.63, 3.8) is 0 Å². The molecule has 0 aliphatic heterocycles. The van der Waals surface area contributed by atoms with Crippen LogP contribution in [0.2, 0.25) is 0 Å². The summed E-state index contributed by atoms with van der Waals surface area (Å²) < 4.78 is 6.09. The first-order valence-electron chi connectivity index (χ1n) is 5.76. The van der Waals surface area contributed by atoms with E-state index in [1.807, 2.05) is 36.4 Å². The van der Waals surface area contributed by atoms with E-state index in [0.29, 0.717) is 11.3 Å². The maximum atomic E-state index is 12.0.